The Morgan fingerprint density at radius 3 is 2.80 bits per heavy atom. The molecule has 1 N–H and O–H groups in total. The second-order valence-corrected chi connectivity index (χ2v) is 7.32. The fourth-order valence-corrected chi connectivity index (χ4v) is 4.33. The van der Waals surface area contributed by atoms with Gasteiger partial charge >= 0.3 is 0 Å². The second-order valence-electron chi connectivity index (χ2n) is 7.32. The van der Waals surface area contributed by atoms with Gasteiger partial charge in [-0.2, -0.15) is 0 Å². The predicted octanol–water partition coefficient (Wildman–Crippen LogP) is 2.63. The molecule has 1 saturated carbocycles. The molecule has 2 fully saturated rings. The van der Waals surface area contributed by atoms with Crippen molar-refractivity contribution in [3.63, 3.8) is 0 Å². The maximum Gasteiger partial charge on any atom is 0.239 e. The van der Waals surface area contributed by atoms with Crippen LogP contribution in [0.15, 0.2) is 24.3 Å². The molecule has 3 aliphatic rings. The minimum Gasteiger partial charge on any atom is -0.486 e. The molecule has 1 aromatic rings. The summed E-state index contributed by atoms with van der Waals surface area (Å²) in [5.41, 5.74) is 0. The Kier molecular flexibility index (Phi) is 5.74. The first-order valence-corrected chi connectivity index (χ1v) is 9.10. The van der Waals surface area contributed by atoms with Crippen molar-refractivity contribution < 1.29 is 14.3 Å². The van der Waals surface area contributed by atoms with Crippen molar-refractivity contribution in [3.05, 3.63) is 24.3 Å². The number of hydrogen-bond donors (Lipinski definition) is 1. The smallest absolute Gasteiger partial charge is 0.239 e. The molecule has 0 spiro atoms. The number of nitrogens with one attached hydrogen (secondary N) is 1. The number of amides is 1. The largest absolute Gasteiger partial charge is 0.486 e. The van der Waals surface area contributed by atoms with Crippen molar-refractivity contribution in [1.29, 1.82) is 0 Å². The molecule has 6 heteroatoms. The van der Waals surface area contributed by atoms with Gasteiger partial charge in [0.1, 0.15) is 6.61 Å². The highest BCUT2D eigenvalue weighted by molar-refractivity contribution is 5.85. The standard InChI is InChI=1S/C19H26N2O3.ClH/c1-21(11-14-12-23-17-8-4-5-9-18(17)24-14)19(22)16-10-13-6-2-3-7-15(13)20-16;/h4-5,8-9,13-16,20H,2-3,6-7,10-12H2,1H3;1H. The summed E-state index contributed by atoms with van der Waals surface area (Å²) in [5.74, 6) is 2.41. The lowest BCUT2D eigenvalue weighted by atomic mass is 9.85. The Morgan fingerprint density at radius 2 is 2.00 bits per heavy atom. The third-order valence-corrected chi connectivity index (χ3v) is 5.58. The number of carbonyl (C=O) groups excluding carboxylic acids is 1. The summed E-state index contributed by atoms with van der Waals surface area (Å²) in [6.07, 6.45) is 5.95. The highest BCUT2D eigenvalue weighted by Crippen LogP contribution is 2.34. The van der Waals surface area contributed by atoms with Crippen molar-refractivity contribution in [2.75, 3.05) is 20.2 Å². The van der Waals surface area contributed by atoms with E-state index >= 15 is 0 Å². The molecule has 5 nitrogen and oxygen atoms in total. The van der Waals surface area contributed by atoms with E-state index < -0.39 is 0 Å². The number of benzene rings is 1. The van der Waals surface area contributed by atoms with Crippen LogP contribution in [-0.2, 0) is 4.79 Å². The molecule has 2 aliphatic heterocycles. The van der Waals surface area contributed by atoms with Gasteiger partial charge < -0.3 is 19.7 Å². The molecular weight excluding hydrogens is 340 g/mol. The fraction of sp³-hybridized carbons (Fsp3) is 0.632. The summed E-state index contributed by atoms with van der Waals surface area (Å²) in [4.78, 5) is 14.6. The van der Waals surface area contributed by atoms with Crippen LogP contribution in [0.25, 0.3) is 0 Å². The van der Waals surface area contributed by atoms with Crippen LogP contribution < -0.4 is 14.8 Å². The van der Waals surface area contributed by atoms with Gasteiger partial charge in [0.2, 0.25) is 5.91 Å². The van der Waals surface area contributed by atoms with E-state index in [1.54, 1.807) is 4.90 Å². The molecule has 2 heterocycles. The Labute approximate surface area is 155 Å². The van der Waals surface area contributed by atoms with Gasteiger partial charge in [0.25, 0.3) is 0 Å². The number of likely N-dealkylation sites (N-methyl/N-ethyl adjacent to an activating group) is 1. The summed E-state index contributed by atoms with van der Waals surface area (Å²) in [6, 6.07) is 8.20. The van der Waals surface area contributed by atoms with Crippen LogP contribution in [0.4, 0.5) is 0 Å². The Balaban J connectivity index is 0.00000182. The van der Waals surface area contributed by atoms with Gasteiger partial charge in [-0.05, 0) is 37.3 Å². The number of fused-ring (bicyclic) bond motifs is 2. The van der Waals surface area contributed by atoms with Crippen LogP contribution in [0.3, 0.4) is 0 Å². The first kappa shape index (κ1) is 18.3. The summed E-state index contributed by atoms with van der Waals surface area (Å²) < 4.78 is 11.7. The van der Waals surface area contributed by atoms with Crippen molar-refractivity contribution in [3.8, 4) is 11.5 Å². The van der Waals surface area contributed by atoms with Crippen LogP contribution in [0, 0.1) is 5.92 Å². The summed E-state index contributed by atoms with van der Waals surface area (Å²) in [5, 5.41) is 3.56. The number of para-hydroxylation sites is 2. The summed E-state index contributed by atoms with van der Waals surface area (Å²) in [7, 11) is 1.87. The molecule has 138 valence electrons. The van der Waals surface area contributed by atoms with E-state index in [9.17, 15) is 4.79 Å². The quantitative estimate of drug-likeness (QED) is 0.893. The first-order valence-electron chi connectivity index (χ1n) is 9.10. The summed E-state index contributed by atoms with van der Waals surface area (Å²) in [6.45, 7) is 1.04. The van der Waals surface area contributed by atoms with E-state index in [0.29, 0.717) is 25.1 Å². The van der Waals surface area contributed by atoms with E-state index in [2.05, 4.69) is 5.32 Å². The minimum atomic E-state index is -0.113. The fourth-order valence-electron chi connectivity index (χ4n) is 4.33. The molecule has 4 atom stereocenters. The molecule has 0 bridgehead atoms. The lowest BCUT2D eigenvalue weighted by Crippen LogP contribution is -2.48. The maximum absolute atomic E-state index is 12.8. The Bertz CT molecular complexity index is 598. The number of ether oxygens (including phenoxy) is 2. The van der Waals surface area contributed by atoms with Crippen LogP contribution in [0.2, 0.25) is 0 Å². The second kappa shape index (κ2) is 7.83. The van der Waals surface area contributed by atoms with Crippen molar-refractivity contribution in [2.24, 2.45) is 5.92 Å². The summed E-state index contributed by atoms with van der Waals surface area (Å²) >= 11 is 0. The highest BCUT2D eigenvalue weighted by atomic mass is 35.5. The normalized spacial score (nSPS) is 30.1. The zero-order valence-electron chi connectivity index (χ0n) is 14.6. The van der Waals surface area contributed by atoms with Gasteiger partial charge in [0.05, 0.1) is 12.6 Å². The van der Waals surface area contributed by atoms with Crippen LogP contribution in [0.1, 0.15) is 32.1 Å². The van der Waals surface area contributed by atoms with Gasteiger partial charge in [-0.15, -0.1) is 12.4 Å². The molecule has 1 amide bonds. The lowest BCUT2D eigenvalue weighted by molar-refractivity contribution is -0.133. The van der Waals surface area contributed by atoms with E-state index in [4.69, 9.17) is 9.47 Å². The van der Waals surface area contributed by atoms with Crippen molar-refractivity contribution >= 4 is 18.3 Å². The number of hydrogen-bond acceptors (Lipinski definition) is 4. The zero-order valence-corrected chi connectivity index (χ0v) is 15.5. The molecule has 25 heavy (non-hydrogen) atoms. The van der Waals surface area contributed by atoms with E-state index in [0.717, 1.165) is 17.9 Å². The highest BCUT2D eigenvalue weighted by Gasteiger charge is 2.39. The molecule has 4 rings (SSSR count). The first-order chi connectivity index (χ1) is 11.7. The molecule has 4 unspecified atom stereocenters. The van der Waals surface area contributed by atoms with Crippen LogP contribution >= 0.6 is 12.4 Å². The van der Waals surface area contributed by atoms with Gasteiger partial charge in [-0.25, -0.2) is 0 Å². The van der Waals surface area contributed by atoms with Crippen LogP contribution in [0.5, 0.6) is 11.5 Å². The topological polar surface area (TPSA) is 50.8 Å². The lowest BCUT2D eigenvalue weighted by Gasteiger charge is -2.30. The maximum atomic E-state index is 12.8. The van der Waals surface area contributed by atoms with Crippen LogP contribution in [-0.4, -0.2) is 49.2 Å². The molecule has 1 aromatic carbocycles. The van der Waals surface area contributed by atoms with Crippen molar-refractivity contribution in [1.82, 2.24) is 10.2 Å². The van der Waals surface area contributed by atoms with Crippen molar-refractivity contribution in [2.45, 2.75) is 50.3 Å². The number of nitrogens with zero attached hydrogens (tertiary/aromatic N) is 1. The van der Waals surface area contributed by atoms with E-state index in [1.807, 2.05) is 31.3 Å². The third kappa shape index (κ3) is 3.87. The van der Waals surface area contributed by atoms with E-state index in [-0.39, 0.29) is 30.5 Å². The Morgan fingerprint density at radius 1 is 1.24 bits per heavy atom. The molecule has 0 aromatic heterocycles. The van der Waals surface area contributed by atoms with Gasteiger partial charge in [-0.3, -0.25) is 4.79 Å². The van der Waals surface area contributed by atoms with Gasteiger partial charge in [-0.1, -0.05) is 25.0 Å². The monoisotopic (exact) mass is 366 g/mol. The Hall–Kier alpha value is -1.46. The van der Waals surface area contributed by atoms with E-state index in [1.165, 1.54) is 25.7 Å². The minimum absolute atomic E-state index is 0. The molecule has 1 aliphatic carbocycles. The SMILES string of the molecule is CN(CC1COc2ccccc2O1)C(=O)C1CC2CCCCC2N1.Cl. The molecule has 0 radical (unpaired) electrons. The molecule has 1 saturated heterocycles. The average molecular weight is 367 g/mol. The molecular formula is C19H27ClN2O3. The number of halogens is 1. The number of carbonyl (C=O) groups is 1. The zero-order chi connectivity index (χ0) is 16.5. The third-order valence-electron chi connectivity index (χ3n) is 5.58. The number of rotatable bonds is 3. The average Bonchev–Trinajstić information content (AvgIpc) is 3.05. The predicted molar refractivity (Wildman–Crippen MR) is 98.5 cm³/mol. The van der Waals surface area contributed by atoms with Gasteiger partial charge in [0.15, 0.2) is 17.6 Å². The van der Waals surface area contributed by atoms with Gasteiger partial charge in [0, 0.05) is 13.1 Å².